The maximum Gasteiger partial charge on any atom is 0.339 e. The molecule has 13 heavy (non-hydrogen) atoms. The minimum Gasteiger partial charge on any atom is -0.478 e. The highest BCUT2D eigenvalue weighted by Crippen LogP contribution is 2.19. The maximum absolute atomic E-state index is 10.7. The molecule has 0 saturated heterocycles. The molecule has 0 bridgehead atoms. The first-order chi connectivity index (χ1) is 6.18. The lowest BCUT2D eigenvalue weighted by atomic mass is 10.3. The van der Waals surface area contributed by atoms with E-state index in [0.717, 1.165) is 4.47 Å². The average Bonchev–Trinajstić information content (AvgIpc) is 2.46. The summed E-state index contributed by atoms with van der Waals surface area (Å²) in [6.07, 6.45) is 3.01. The zero-order valence-corrected chi connectivity index (χ0v) is 8.00. The molecule has 0 radical (unpaired) electrons. The molecule has 2 aromatic heterocycles. The fourth-order valence-electron chi connectivity index (χ4n) is 1.15. The van der Waals surface area contributed by atoms with Crippen molar-refractivity contribution in [1.29, 1.82) is 0 Å². The number of aromatic nitrogens is 2. The number of hydrogen-bond acceptors (Lipinski definition) is 2. The average molecular weight is 241 g/mol. The molecule has 0 fully saturated rings. The molecule has 0 aliphatic heterocycles. The summed E-state index contributed by atoms with van der Waals surface area (Å²) in [5, 5.41) is 8.77. The van der Waals surface area contributed by atoms with Crippen molar-refractivity contribution < 1.29 is 9.90 Å². The number of carbonyl (C=O) groups is 1. The van der Waals surface area contributed by atoms with E-state index in [1.54, 1.807) is 12.3 Å². The van der Waals surface area contributed by atoms with Gasteiger partial charge in [-0.05, 0) is 22.0 Å². The number of rotatable bonds is 1. The molecular weight excluding hydrogens is 236 g/mol. The van der Waals surface area contributed by atoms with Gasteiger partial charge in [0.05, 0.1) is 5.52 Å². The standard InChI is InChI=1S/C8H5BrN2O2/c9-4-1-6-7(11-2-4)5(3-10-6)8(12)13/h1-3,10H,(H,12,13). The SMILES string of the molecule is O=C(O)c1c[nH]c2cc(Br)cnc12. The molecule has 0 unspecified atom stereocenters. The molecule has 0 aliphatic carbocycles. The topological polar surface area (TPSA) is 66.0 Å². The molecule has 0 saturated carbocycles. The second-order valence-electron chi connectivity index (χ2n) is 2.56. The Morgan fingerprint density at radius 1 is 1.62 bits per heavy atom. The number of aromatic amines is 1. The number of carboxylic acid groups (broad SMARTS) is 1. The molecule has 66 valence electrons. The summed E-state index contributed by atoms with van der Waals surface area (Å²) in [5.74, 6) is -0.971. The number of H-pyrrole nitrogens is 1. The minimum absolute atomic E-state index is 0.197. The van der Waals surface area contributed by atoms with Gasteiger partial charge in [-0.25, -0.2) is 4.79 Å². The van der Waals surface area contributed by atoms with Crippen LogP contribution in [-0.2, 0) is 0 Å². The smallest absolute Gasteiger partial charge is 0.339 e. The third-order valence-corrected chi connectivity index (χ3v) is 2.15. The van der Waals surface area contributed by atoms with Crippen LogP contribution in [-0.4, -0.2) is 21.0 Å². The van der Waals surface area contributed by atoms with Crippen LogP contribution in [0.15, 0.2) is 22.9 Å². The summed E-state index contributed by atoms with van der Waals surface area (Å²) in [6.45, 7) is 0. The van der Waals surface area contributed by atoms with Crippen molar-refractivity contribution in [2.75, 3.05) is 0 Å². The van der Waals surface area contributed by atoms with E-state index in [9.17, 15) is 4.79 Å². The van der Waals surface area contributed by atoms with Crippen LogP contribution < -0.4 is 0 Å². The van der Waals surface area contributed by atoms with Crippen LogP contribution in [0.25, 0.3) is 11.0 Å². The van der Waals surface area contributed by atoms with Gasteiger partial charge in [0.1, 0.15) is 11.1 Å². The van der Waals surface area contributed by atoms with Gasteiger partial charge in [-0.15, -0.1) is 0 Å². The first kappa shape index (κ1) is 8.25. The predicted molar refractivity (Wildman–Crippen MR) is 50.8 cm³/mol. The van der Waals surface area contributed by atoms with Crippen molar-refractivity contribution in [1.82, 2.24) is 9.97 Å². The van der Waals surface area contributed by atoms with Crippen molar-refractivity contribution >= 4 is 32.9 Å². The van der Waals surface area contributed by atoms with Gasteiger partial charge in [-0.3, -0.25) is 4.98 Å². The highest BCUT2D eigenvalue weighted by atomic mass is 79.9. The molecule has 2 rings (SSSR count). The lowest BCUT2D eigenvalue weighted by Gasteiger charge is -1.91. The van der Waals surface area contributed by atoms with Gasteiger partial charge in [0, 0.05) is 16.9 Å². The lowest BCUT2D eigenvalue weighted by molar-refractivity contribution is 0.0699. The van der Waals surface area contributed by atoms with Gasteiger partial charge >= 0.3 is 5.97 Å². The summed E-state index contributed by atoms with van der Waals surface area (Å²) in [7, 11) is 0. The van der Waals surface area contributed by atoms with E-state index in [0.29, 0.717) is 11.0 Å². The number of aromatic carboxylic acids is 1. The van der Waals surface area contributed by atoms with Gasteiger partial charge in [0.25, 0.3) is 0 Å². The summed E-state index contributed by atoms with van der Waals surface area (Å²) in [6, 6.07) is 1.79. The van der Waals surface area contributed by atoms with Crippen LogP contribution in [0.2, 0.25) is 0 Å². The van der Waals surface area contributed by atoms with Gasteiger partial charge in [-0.1, -0.05) is 0 Å². The van der Waals surface area contributed by atoms with Crippen molar-refractivity contribution in [3.05, 3.63) is 28.5 Å². The summed E-state index contributed by atoms with van der Waals surface area (Å²) in [5.41, 5.74) is 1.39. The highest BCUT2D eigenvalue weighted by Gasteiger charge is 2.11. The van der Waals surface area contributed by atoms with E-state index in [1.165, 1.54) is 6.20 Å². The number of halogens is 1. The molecule has 2 aromatic rings. The van der Waals surface area contributed by atoms with E-state index < -0.39 is 5.97 Å². The van der Waals surface area contributed by atoms with Crippen LogP contribution in [0, 0.1) is 0 Å². The highest BCUT2D eigenvalue weighted by molar-refractivity contribution is 9.10. The monoisotopic (exact) mass is 240 g/mol. The molecule has 2 heterocycles. The van der Waals surface area contributed by atoms with Gasteiger partial charge < -0.3 is 10.1 Å². The zero-order chi connectivity index (χ0) is 9.42. The molecule has 5 heteroatoms. The normalized spacial score (nSPS) is 10.5. The Labute approximate surface area is 81.7 Å². The molecule has 0 aromatic carbocycles. The largest absolute Gasteiger partial charge is 0.478 e. The molecule has 0 atom stereocenters. The number of hydrogen-bond donors (Lipinski definition) is 2. The fourth-order valence-corrected chi connectivity index (χ4v) is 1.48. The predicted octanol–water partition coefficient (Wildman–Crippen LogP) is 2.02. The number of fused-ring (bicyclic) bond motifs is 1. The van der Waals surface area contributed by atoms with Crippen molar-refractivity contribution in [3.8, 4) is 0 Å². The Bertz CT molecular complexity index is 478. The fraction of sp³-hybridized carbons (Fsp3) is 0. The van der Waals surface area contributed by atoms with Crippen LogP contribution >= 0.6 is 15.9 Å². The van der Waals surface area contributed by atoms with Crippen LogP contribution in [0.3, 0.4) is 0 Å². The van der Waals surface area contributed by atoms with Gasteiger partial charge in [0.2, 0.25) is 0 Å². The number of nitrogens with zero attached hydrogens (tertiary/aromatic N) is 1. The van der Waals surface area contributed by atoms with Crippen LogP contribution in [0.4, 0.5) is 0 Å². The molecule has 2 N–H and O–H groups in total. The lowest BCUT2D eigenvalue weighted by Crippen LogP contribution is -1.94. The Balaban J connectivity index is 2.76. The Hall–Kier alpha value is -1.36. The number of nitrogens with one attached hydrogen (secondary N) is 1. The summed E-state index contributed by atoms with van der Waals surface area (Å²) < 4.78 is 0.818. The quantitative estimate of drug-likeness (QED) is 0.802. The van der Waals surface area contributed by atoms with Gasteiger partial charge in [0.15, 0.2) is 0 Å². The van der Waals surface area contributed by atoms with E-state index >= 15 is 0 Å². The van der Waals surface area contributed by atoms with Crippen LogP contribution in [0.1, 0.15) is 10.4 Å². The van der Waals surface area contributed by atoms with E-state index in [4.69, 9.17) is 5.11 Å². The number of pyridine rings is 1. The Morgan fingerprint density at radius 3 is 3.08 bits per heavy atom. The van der Waals surface area contributed by atoms with E-state index in [2.05, 4.69) is 25.9 Å². The van der Waals surface area contributed by atoms with E-state index in [-0.39, 0.29) is 5.56 Å². The van der Waals surface area contributed by atoms with Crippen LogP contribution in [0.5, 0.6) is 0 Å². The minimum atomic E-state index is -0.971. The molecule has 0 aliphatic rings. The zero-order valence-electron chi connectivity index (χ0n) is 6.41. The molecule has 0 amide bonds. The van der Waals surface area contributed by atoms with Crippen molar-refractivity contribution in [3.63, 3.8) is 0 Å². The first-order valence-corrected chi connectivity index (χ1v) is 4.33. The molecule has 0 spiro atoms. The Kier molecular flexibility index (Phi) is 1.81. The van der Waals surface area contributed by atoms with Gasteiger partial charge in [-0.2, -0.15) is 0 Å². The summed E-state index contributed by atoms with van der Waals surface area (Å²) in [4.78, 5) is 17.5. The Morgan fingerprint density at radius 2 is 2.38 bits per heavy atom. The third kappa shape index (κ3) is 1.31. The maximum atomic E-state index is 10.7. The van der Waals surface area contributed by atoms with Crippen molar-refractivity contribution in [2.45, 2.75) is 0 Å². The third-order valence-electron chi connectivity index (χ3n) is 1.71. The van der Waals surface area contributed by atoms with E-state index in [1.807, 2.05) is 0 Å². The van der Waals surface area contributed by atoms with Crippen molar-refractivity contribution in [2.24, 2.45) is 0 Å². The number of carboxylic acids is 1. The second-order valence-corrected chi connectivity index (χ2v) is 3.47. The second kappa shape index (κ2) is 2.85. The summed E-state index contributed by atoms with van der Waals surface area (Å²) >= 11 is 3.25. The molecule has 4 nitrogen and oxygen atoms in total. The molecular formula is C8H5BrN2O2. The first-order valence-electron chi connectivity index (χ1n) is 3.54.